The molecular formula is C24H22F3N5O3. The Balaban J connectivity index is 1.49. The van der Waals surface area contributed by atoms with E-state index >= 15 is 0 Å². The van der Waals surface area contributed by atoms with Gasteiger partial charge in [0.1, 0.15) is 11.4 Å². The number of methoxy groups -OCH3 is 1. The fraction of sp³-hybridized carbons (Fsp3) is 0.292. The van der Waals surface area contributed by atoms with Crippen LogP contribution in [0.3, 0.4) is 0 Å². The number of benzene rings is 2. The number of halogens is 3. The third-order valence-electron chi connectivity index (χ3n) is 6.06. The lowest BCUT2D eigenvalue weighted by Crippen LogP contribution is -2.39. The second kappa shape index (κ2) is 8.73. The van der Waals surface area contributed by atoms with Gasteiger partial charge in [0.05, 0.1) is 19.4 Å². The molecule has 1 fully saturated rings. The predicted molar refractivity (Wildman–Crippen MR) is 121 cm³/mol. The van der Waals surface area contributed by atoms with Gasteiger partial charge >= 0.3 is 6.18 Å². The van der Waals surface area contributed by atoms with Crippen molar-refractivity contribution in [1.82, 2.24) is 14.8 Å². The van der Waals surface area contributed by atoms with E-state index in [1.54, 1.807) is 48.5 Å². The van der Waals surface area contributed by atoms with Crippen LogP contribution in [-0.4, -0.2) is 53.4 Å². The first-order valence-electron chi connectivity index (χ1n) is 11.0. The highest BCUT2D eigenvalue weighted by molar-refractivity contribution is 6.08. The number of hydrogen-bond donors (Lipinski definition) is 1. The number of amidine groups is 1. The molecule has 3 heterocycles. The number of fused-ring (bicyclic) bond motifs is 1. The summed E-state index contributed by atoms with van der Waals surface area (Å²) in [5, 5.41) is 13.6. The number of alkyl halides is 3. The maximum atomic E-state index is 13.8. The summed E-state index contributed by atoms with van der Waals surface area (Å²) in [6, 6.07) is 13.1. The van der Waals surface area contributed by atoms with Gasteiger partial charge in [-0.25, -0.2) is 9.75 Å². The van der Waals surface area contributed by atoms with Gasteiger partial charge in [-0.05, 0) is 61.4 Å². The fourth-order valence-corrected chi connectivity index (χ4v) is 4.31. The first-order valence-corrected chi connectivity index (χ1v) is 11.0. The minimum Gasteiger partial charge on any atom is -0.497 e. The Morgan fingerprint density at radius 2 is 1.74 bits per heavy atom. The van der Waals surface area contributed by atoms with Crippen molar-refractivity contribution < 1.29 is 27.5 Å². The van der Waals surface area contributed by atoms with Crippen molar-refractivity contribution in [1.29, 1.82) is 5.41 Å². The summed E-state index contributed by atoms with van der Waals surface area (Å²) >= 11 is 0. The van der Waals surface area contributed by atoms with Crippen molar-refractivity contribution >= 4 is 17.4 Å². The molecule has 1 aromatic heterocycles. The first-order chi connectivity index (χ1) is 16.8. The lowest BCUT2D eigenvalue weighted by Gasteiger charge is -2.28. The molecule has 182 valence electrons. The molecule has 0 aliphatic carbocycles. The molecule has 2 aliphatic heterocycles. The van der Waals surface area contributed by atoms with Crippen LogP contribution in [0.4, 0.5) is 18.9 Å². The summed E-state index contributed by atoms with van der Waals surface area (Å²) in [6.07, 6.45) is -3.85. The molecule has 0 radical (unpaired) electrons. The zero-order valence-corrected chi connectivity index (χ0v) is 18.8. The lowest BCUT2D eigenvalue weighted by molar-refractivity contribution is -0.141. The van der Waals surface area contributed by atoms with Crippen LogP contribution in [0, 0.1) is 5.41 Å². The van der Waals surface area contributed by atoms with Gasteiger partial charge in [-0.15, -0.1) is 0 Å². The molecule has 11 heteroatoms. The van der Waals surface area contributed by atoms with Crippen LogP contribution in [0.1, 0.15) is 33.7 Å². The van der Waals surface area contributed by atoms with Crippen LogP contribution < -0.4 is 9.64 Å². The van der Waals surface area contributed by atoms with E-state index in [0.717, 1.165) is 11.1 Å². The minimum atomic E-state index is -4.69. The van der Waals surface area contributed by atoms with Gasteiger partial charge in [0.15, 0.2) is 11.5 Å². The quantitative estimate of drug-likeness (QED) is 0.445. The van der Waals surface area contributed by atoms with E-state index in [2.05, 4.69) is 5.10 Å². The maximum absolute atomic E-state index is 13.8. The largest absolute Gasteiger partial charge is 0.497 e. The Morgan fingerprint density at radius 3 is 2.34 bits per heavy atom. The van der Waals surface area contributed by atoms with Crippen molar-refractivity contribution in [2.45, 2.75) is 19.0 Å². The molecule has 2 aliphatic rings. The van der Waals surface area contributed by atoms with Crippen molar-refractivity contribution in [2.75, 3.05) is 31.7 Å². The first kappa shape index (κ1) is 22.9. The van der Waals surface area contributed by atoms with E-state index in [-0.39, 0.29) is 30.1 Å². The van der Waals surface area contributed by atoms with Crippen LogP contribution in [0.25, 0.3) is 5.69 Å². The molecule has 0 atom stereocenters. The zero-order chi connectivity index (χ0) is 24.7. The van der Waals surface area contributed by atoms with E-state index in [0.29, 0.717) is 35.8 Å². The van der Waals surface area contributed by atoms with E-state index in [1.165, 1.54) is 17.1 Å². The molecular weight excluding hydrogens is 463 g/mol. The summed E-state index contributed by atoms with van der Waals surface area (Å²) in [5.41, 5.74) is 0.182. The van der Waals surface area contributed by atoms with E-state index in [1.807, 2.05) is 0 Å². The number of hydrogen-bond acceptors (Lipinski definition) is 5. The number of rotatable bonds is 4. The van der Waals surface area contributed by atoms with Crippen LogP contribution in [0.15, 0.2) is 48.5 Å². The molecule has 5 rings (SSSR count). The highest BCUT2D eigenvalue weighted by Gasteiger charge is 2.43. The Morgan fingerprint density at radius 1 is 1.06 bits per heavy atom. The standard InChI is InChI=1S/C24H22F3N5O3/c1-34-18-9-7-17(8-10-18)32-20-19(21(29-32)24(25,26)27)11-13-30(23(20)33)16-5-3-15(4-6-16)22(28)31-12-2-14-35-31/h3-10,28H,2,11-14H2,1H3. The molecule has 35 heavy (non-hydrogen) atoms. The number of anilines is 1. The second-order valence-electron chi connectivity index (χ2n) is 8.17. The Kier molecular flexibility index (Phi) is 5.72. The zero-order valence-electron chi connectivity index (χ0n) is 18.8. The number of ether oxygens (including phenoxy) is 1. The van der Waals surface area contributed by atoms with Crippen molar-refractivity contribution in [2.24, 2.45) is 0 Å². The molecule has 0 bridgehead atoms. The summed E-state index contributed by atoms with van der Waals surface area (Å²) in [5.74, 6) is 0.174. The van der Waals surface area contributed by atoms with Gasteiger partial charge in [0.25, 0.3) is 5.91 Å². The minimum absolute atomic E-state index is 0.00522. The van der Waals surface area contributed by atoms with Gasteiger partial charge in [-0.2, -0.15) is 18.3 Å². The number of hydroxylamine groups is 2. The van der Waals surface area contributed by atoms with Crippen LogP contribution in [0.5, 0.6) is 5.75 Å². The molecule has 0 unspecified atom stereocenters. The fourth-order valence-electron chi connectivity index (χ4n) is 4.31. The molecule has 1 amide bonds. The average Bonchev–Trinajstić information content (AvgIpc) is 3.53. The van der Waals surface area contributed by atoms with Crippen LogP contribution in [-0.2, 0) is 17.4 Å². The maximum Gasteiger partial charge on any atom is 0.435 e. The third-order valence-corrected chi connectivity index (χ3v) is 6.06. The number of nitrogens with one attached hydrogen (secondary N) is 1. The summed E-state index contributed by atoms with van der Waals surface area (Å²) in [6.45, 7) is 1.27. The molecule has 2 aromatic carbocycles. The Labute approximate surface area is 198 Å². The van der Waals surface area contributed by atoms with Gasteiger partial charge in [-0.3, -0.25) is 15.0 Å². The van der Waals surface area contributed by atoms with Crippen LogP contribution >= 0.6 is 0 Å². The van der Waals surface area contributed by atoms with Crippen molar-refractivity contribution in [3.63, 3.8) is 0 Å². The topological polar surface area (TPSA) is 83.7 Å². The Hall–Kier alpha value is -3.86. The number of carbonyl (C=O) groups is 1. The van der Waals surface area contributed by atoms with E-state index < -0.39 is 17.8 Å². The molecule has 3 aromatic rings. The van der Waals surface area contributed by atoms with E-state index in [9.17, 15) is 18.0 Å². The molecule has 1 saturated heterocycles. The smallest absolute Gasteiger partial charge is 0.435 e. The Bertz CT molecular complexity index is 1260. The molecule has 0 saturated carbocycles. The number of nitrogens with zero attached hydrogens (tertiary/aromatic N) is 4. The third kappa shape index (κ3) is 4.12. The highest BCUT2D eigenvalue weighted by atomic mass is 19.4. The number of carbonyl (C=O) groups excluding carboxylic acids is 1. The van der Waals surface area contributed by atoms with E-state index in [4.69, 9.17) is 15.0 Å². The predicted octanol–water partition coefficient (Wildman–Crippen LogP) is 4.07. The molecule has 0 spiro atoms. The van der Waals surface area contributed by atoms with Crippen molar-refractivity contribution in [3.05, 3.63) is 71.0 Å². The lowest BCUT2D eigenvalue weighted by atomic mass is 10.0. The van der Waals surface area contributed by atoms with Gasteiger partial charge in [0.2, 0.25) is 0 Å². The van der Waals surface area contributed by atoms with Gasteiger partial charge in [-0.1, -0.05) is 0 Å². The SMILES string of the molecule is COc1ccc(-n2nc(C(F)(F)F)c3c2C(=O)N(c2ccc(C(=N)N4CCCO4)cc2)CC3)cc1. The molecule has 8 nitrogen and oxygen atoms in total. The summed E-state index contributed by atoms with van der Waals surface area (Å²) in [4.78, 5) is 20.3. The second-order valence-corrected chi connectivity index (χ2v) is 8.17. The molecule has 1 N–H and O–H groups in total. The monoisotopic (exact) mass is 485 g/mol. The summed E-state index contributed by atoms with van der Waals surface area (Å²) < 4.78 is 47.5. The highest BCUT2D eigenvalue weighted by Crippen LogP contribution is 2.37. The summed E-state index contributed by atoms with van der Waals surface area (Å²) in [7, 11) is 1.48. The van der Waals surface area contributed by atoms with Crippen LogP contribution in [0.2, 0.25) is 0 Å². The number of aromatic nitrogens is 2. The van der Waals surface area contributed by atoms with Gasteiger partial charge < -0.3 is 9.64 Å². The van der Waals surface area contributed by atoms with Crippen molar-refractivity contribution in [3.8, 4) is 11.4 Å². The number of amides is 1. The van der Waals surface area contributed by atoms with Gasteiger partial charge in [0, 0.05) is 29.9 Å². The normalized spacial score (nSPS) is 15.9. The average molecular weight is 485 g/mol.